The zero-order valence-corrected chi connectivity index (χ0v) is 15.8. The van der Waals surface area contributed by atoms with Crippen molar-refractivity contribution in [2.45, 2.75) is 56.8 Å². The number of benzene rings is 1. The van der Waals surface area contributed by atoms with Gasteiger partial charge < -0.3 is 19.3 Å². The normalized spacial score (nSPS) is 25.7. The number of nitrogens with zero attached hydrogens (tertiary/aromatic N) is 1. The summed E-state index contributed by atoms with van der Waals surface area (Å²) in [5.41, 5.74) is 1.06. The number of carbonyl (C=O) groups is 2. The van der Waals surface area contributed by atoms with Crippen LogP contribution in [0.3, 0.4) is 0 Å². The summed E-state index contributed by atoms with van der Waals surface area (Å²) in [5, 5.41) is 9.70. The fourth-order valence-electron chi connectivity index (χ4n) is 3.91. The molecule has 1 aromatic rings. The molecule has 1 saturated heterocycles. The summed E-state index contributed by atoms with van der Waals surface area (Å²) in [7, 11) is 3.20. The van der Waals surface area contributed by atoms with E-state index in [-0.39, 0.29) is 24.5 Å². The standard InChI is InChI=1S/C20H27NO6/c1-25-17-8-7-13(11-18(17)26-2)9-10-27-16-6-4-3-5-14(16)21-19(23)12-15(22)20(21)24/h7-8,11,14-16,22H,3-6,9-10,12H2,1-2H3/t14-,15?,16-/m1/s1. The molecule has 1 heterocycles. The minimum atomic E-state index is -1.20. The van der Waals surface area contributed by atoms with Crippen molar-refractivity contribution in [3.63, 3.8) is 0 Å². The number of hydrogen-bond acceptors (Lipinski definition) is 6. The molecular formula is C20H27NO6. The second-order valence-electron chi connectivity index (χ2n) is 7.02. The predicted molar refractivity (Wildman–Crippen MR) is 97.7 cm³/mol. The van der Waals surface area contributed by atoms with Gasteiger partial charge in [0.15, 0.2) is 11.5 Å². The van der Waals surface area contributed by atoms with Gasteiger partial charge in [-0.25, -0.2) is 0 Å². The molecule has 0 radical (unpaired) electrons. The van der Waals surface area contributed by atoms with Gasteiger partial charge in [-0.2, -0.15) is 0 Å². The van der Waals surface area contributed by atoms with Crippen LogP contribution in [0.4, 0.5) is 0 Å². The van der Waals surface area contributed by atoms with Crippen molar-refractivity contribution >= 4 is 11.8 Å². The van der Waals surface area contributed by atoms with Gasteiger partial charge in [-0.15, -0.1) is 0 Å². The van der Waals surface area contributed by atoms with E-state index in [1.807, 2.05) is 18.2 Å². The molecule has 148 valence electrons. The second kappa shape index (κ2) is 8.71. The first-order chi connectivity index (χ1) is 13.0. The Balaban J connectivity index is 1.61. The maximum absolute atomic E-state index is 12.2. The lowest BCUT2D eigenvalue weighted by Crippen LogP contribution is -2.50. The predicted octanol–water partition coefficient (Wildman–Crippen LogP) is 1.69. The Bertz CT molecular complexity index is 691. The van der Waals surface area contributed by atoms with Gasteiger partial charge in [0.05, 0.1) is 39.4 Å². The monoisotopic (exact) mass is 377 g/mol. The van der Waals surface area contributed by atoms with Crippen molar-refractivity contribution in [2.75, 3.05) is 20.8 Å². The Morgan fingerprint density at radius 3 is 2.52 bits per heavy atom. The van der Waals surface area contributed by atoms with Crippen LogP contribution in [0, 0.1) is 0 Å². The number of aliphatic hydroxyl groups excluding tert-OH is 1. The van der Waals surface area contributed by atoms with Crippen molar-refractivity contribution in [3.8, 4) is 11.5 Å². The first-order valence-electron chi connectivity index (χ1n) is 9.41. The lowest BCUT2D eigenvalue weighted by atomic mass is 9.91. The van der Waals surface area contributed by atoms with Gasteiger partial charge in [0.1, 0.15) is 6.10 Å². The highest BCUT2D eigenvalue weighted by atomic mass is 16.5. The van der Waals surface area contributed by atoms with E-state index in [1.165, 1.54) is 4.90 Å². The van der Waals surface area contributed by atoms with Crippen LogP contribution in [-0.2, 0) is 20.7 Å². The van der Waals surface area contributed by atoms with E-state index < -0.39 is 12.0 Å². The minimum Gasteiger partial charge on any atom is -0.493 e. The number of methoxy groups -OCH3 is 2. The van der Waals surface area contributed by atoms with E-state index in [2.05, 4.69) is 0 Å². The molecule has 2 fully saturated rings. The van der Waals surface area contributed by atoms with E-state index in [0.29, 0.717) is 24.5 Å². The third-order valence-electron chi connectivity index (χ3n) is 5.33. The molecule has 7 heteroatoms. The summed E-state index contributed by atoms with van der Waals surface area (Å²) in [6, 6.07) is 5.47. The molecule has 27 heavy (non-hydrogen) atoms. The highest BCUT2D eigenvalue weighted by Crippen LogP contribution is 2.30. The number of rotatable bonds is 7. The molecule has 2 aliphatic rings. The highest BCUT2D eigenvalue weighted by Gasteiger charge is 2.44. The number of aliphatic hydroxyl groups is 1. The first kappa shape index (κ1) is 19.6. The molecule has 1 aliphatic heterocycles. The van der Waals surface area contributed by atoms with Crippen LogP contribution < -0.4 is 9.47 Å². The summed E-state index contributed by atoms with van der Waals surface area (Å²) >= 11 is 0. The molecule has 0 aromatic heterocycles. The van der Waals surface area contributed by atoms with Gasteiger partial charge in [0.2, 0.25) is 5.91 Å². The summed E-state index contributed by atoms with van der Waals surface area (Å²) in [5.74, 6) is 0.570. The Hall–Kier alpha value is -2.12. The number of hydrogen-bond donors (Lipinski definition) is 1. The molecule has 1 saturated carbocycles. The molecular weight excluding hydrogens is 350 g/mol. The zero-order valence-electron chi connectivity index (χ0n) is 15.8. The van der Waals surface area contributed by atoms with Gasteiger partial charge in [-0.1, -0.05) is 18.9 Å². The molecule has 3 atom stereocenters. The SMILES string of the molecule is COc1ccc(CCO[C@@H]2CCCC[C@H]2N2C(=O)CC(O)C2=O)cc1OC. The van der Waals surface area contributed by atoms with Crippen LogP contribution >= 0.6 is 0 Å². The first-order valence-corrected chi connectivity index (χ1v) is 9.41. The highest BCUT2D eigenvalue weighted by molar-refractivity contribution is 6.05. The lowest BCUT2D eigenvalue weighted by molar-refractivity contribution is -0.149. The van der Waals surface area contributed by atoms with Crippen LogP contribution in [0.25, 0.3) is 0 Å². The van der Waals surface area contributed by atoms with Crippen molar-refractivity contribution < 1.29 is 28.9 Å². The molecule has 1 unspecified atom stereocenters. The van der Waals surface area contributed by atoms with Gasteiger partial charge in [0.25, 0.3) is 5.91 Å². The van der Waals surface area contributed by atoms with Crippen LogP contribution in [-0.4, -0.2) is 60.9 Å². The zero-order chi connectivity index (χ0) is 19.4. The van der Waals surface area contributed by atoms with Crippen LogP contribution in [0.2, 0.25) is 0 Å². The van der Waals surface area contributed by atoms with Crippen molar-refractivity contribution in [1.82, 2.24) is 4.90 Å². The summed E-state index contributed by atoms with van der Waals surface area (Å²) < 4.78 is 16.6. The average molecular weight is 377 g/mol. The Labute approximate surface area is 159 Å². The van der Waals surface area contributed by atoms with E-state index in [0.717, 1.165) is 31.2 Å². The second-order valence-corrected chi connectivity index (χ2v) is 7.02. The maximum Gasteiger partial charge on any atom is 0.258 e. The summed E-state index contributed by atoms with van der Waals surface area (Å²) in [6.07, 6.45) is 2.68. The third kappa shape index (κ3) is 4.25. The number of imide groups is 1. The van der Waals surface area contributed by atoms with Gasteiger partial charge in [-0.05, 0) is 37.0 Å². The topological polar surface area (TPSA) is 85.3 Å². The number of ether oxygens (including phenoxy) is 3. The van der Waals surface area contributed by atoms with E-state index in [9.17, 15) is 14.7 Å². The molecule has 0 bridgehead atoms. The fraction of sp³-hybridized carbons (Fsp3) is 0.600. The molecule has 1 aromatic carbocycles. The van der Waals surface area contributed by atoms with Gasteiger partial charge >= 0.3 is 0 Å². The van der Waals surface area contributed by atoms with Crippen LogP contribution in [0.1, 0.15) is 37.7 Å². The molecule has 3 rings (SSSR count). The number of carbonyl (C=O) groups excluding carboxylic acids is 2. The number of likely N-dealkylation sites (tertiary alicyclic amines) is 1. The largest absolute Gasteiger partial charge is 0.493 e. The lowest BCUT2D eigenvalue weighted by Gasteiger charge is -2.36. The van der Waals surface area contributed by atoms with Crippen LogP contribution in [0.5, 0.6) is 11.5 Å². The van der Waals surface area contributed by atoms with Crippen molar-refractivity contribution in [2.24, 2.45) is 0 Å². The molecule has 1 aliphatic carbocycles. The Kier molecular flexibility index (Phi) is 6.34. The van der Waals surface area contributed by atoms with E-state index in [4.69, 9.17) is 14.2 Å². The average Bonchev–Trinajstić information content (AvgIpc) is 2.93. The summed E-state index contributed by atoms with van der Waals surface area (Å²) in [4.78, 5) is 25.5. The van der Waals surface area contributed by atoms with Crippen molar-refractivity contribution in [1.29, 1.82) is 0 Å². The Morgan fingerprint density at radius 1 is 1.11 bits per heavy atom. The molecule has 1 N–H and O–H groups in total. The van der Waals surface area contributed by atoms with Gasteiger partial charge in [-0.3, -0.25) is 14.5 Å². The van der Waals surface area contributed by atoms with E-state index in [1.54, 1.807) is 14.2 Å². The fourth-order valence-corrected chi connectivity index (χ4v) is 3.91. The van der Waals surface area contributed by atoms with Crippen LogP contribution in [0.15, 0.2) is 18.2 Å². The van der Waals surface area contributed by atoms with E-state index >= 15 is 0 Å². The third-order valence-corrected chi connectivity index (χ3v) is 5.33. The van der Waals surface area contributed by atoms with Gasteiger partial charge in [0, 0.05) is 0 Å². The Morgan fingerprint density at radius 2 is 1.85 bits per heavy atom. The molecule has 2 amide bonds. The smallest absolute Gasteiger partial charge is 0.258 e. The summed E-state index contributed by atoms with van der Waals surface area (Å²) in [6.45, 7) is 0.482. The quantitative estimate of drug-likeness (QED) is 0.728. The molecule has 0 spiro atoms. The maximum atomic E-state index is 12.2. The minimum absolute atomic E-state index is 0.117. The molecule has 7 nitrogen and oxygen atoms in total. The van der Waals surface area contributed by atoms with Crippen molar-refractivity contribution in [3.05, 3.63) is 23.8 Å². The number of amides is 2.